The number of fused-ring (bicyclic) bond motifs is 1. The third-order valence-corrected chi connectivity index (χ3v) is 4.69. The molecule has 0 fully saturated rings. The number of H-pyrrole nitrogens is 1. The van der Waals surface area contributed by atoms with Crippen LogP contribution in [0.2, 0.25) is 5.02 Å². The Morgan fingerprint density at radius 3 is 2.78 bits per heavy atom. The Morgan fingerprint density at radius 1 is 1.13 bits per heavy atom. The fraction of sp³-hybridized carbons (Fsp3) is 0.278. The number of benzene rings is 2. The van der Waals surface area contributed by atoms with Crippen molar-refractivity contribution in [2.75, 3.05) is 12.4 Å². The molecule has 0 saturated heterocycles. The Kier molecular flexibility index (Phi) is 5.47. The number of aryl methyl sites for hydroxylation is 1. The van der Waals surface area contributed by atoms with Crippen LogP contribution in [-0.2, 0) is 0 Å². The van der Waals surface area contributed by atoms with Crippen LogP contribution in [0.4, 0.5) is 0 Å². The monoisotopic (exact) mass is 346 g/mol. The summed E-state index contributed by atoms with van der Waals surface area (Å²) < 4.78 is 5.68. The quantitative estimate of drug-likeness (QED) is 0.455. The molecule has 5 heteroatoms. The first kappa shape index (κ1) is 16.2. The summed E-state index contributed by atoms with van der Waals surface area (Å²) in [5.74, 6) is 1.90. The highest BCUT2D eigenvalue weighted by Crippen LogP contribution is 2.21. The number of hydrogen-bond donors (Lipinski definition) is 1. The van der Waals surface area contributed by atoms with Gasteiger partial charge >= 0.3 is 0 Å². The summed E-state index contributed by atoms with van der Waals surface area (Å²) in [5, 5.41) is 1.72. The number of unbranched alkanes of at least 4 members (excludes halogenated alkanes) is 1. The fourth-order valence-corrected chi connectivity index (χ4v) is 3.28. The molecule has 0 saturated carbocycles. The maximum absolute atomic E-state index is 5.84. The second-order valence-electron chi connectivity index (χ2n) is 5.42. The largest absolute Gasteiger partial charge is 0.494 e. The molecule has 0 aliphatic carbocycles. The van der Waals surface area contributed by atoms with E-state index < -0.39 is 0 Å². The summed E-state index contributed by atoms with van der Waals surface area (Å²) in [6.07, 6.45) is 2.11. The van der Waals surface area contributed by atoms with E-state index in [9.17, 15) is 0 Å². The number of rotatable bonds is 7. The minimum Gasteiger partial charge on any atom is -0.494 e. The molecule has 3 rings (SSSR count). The van der Waals surface area contributed by atoms with Crippen molar-refractivity contribution < 1.29 is 4.74 Å². The lowest BCUT2D eigenvalue weighted by Gasteiger charge is -2.05. The Balaban J connectivity index is 1.38. The number of nitrogens with one attached hydrogen (secondary N) is 1. The van der Waals surface area contributed by atoms with E-state index in [0.29, 0.717) is 0 Å². The first-order chi connectivity index (χ1) is 11.2. The Morgan fingerprint density at radius 2 is 1.96 bits per heavy atom. The molecule has 1 heterocycles. The highest BCUT2D eigenvalue weighted by Gasteiger charge is 2.03. The molecule has 0 atom stereocenters. The van der Waals surface area contributed by atoms with Gasteiger partial charge in [0.25, 0.3) is 0 Å². The predicted octanol–water partition coefficient (Wildman–Crippen LogP) is 5.48. The second kappa shape index (κ2) is 7.75. The molecule has 0 aliphatic heterocycles. The van der Waals surface area contributed by atoms with Gasteiger partial charge in [-0.1, -0.05) is 29.4 Å². The van der Waals surface area contributed by atoms with Gasteiger partial charge in [0.15, 0.2) is 5.16 Å². The van der Waals surface area contributed by atoms with Crippen LogP contribution < -0.4 is 4.74 Å². The molecule has 0 unspecified atom stereocenters. The molecule has 3 aromatic rings. The average Bonchev–Trinajstić information content (AvgIpc) is 2.94. The molecule has 120 valence electrons. The van der Waals surface area contributed by atoms with Crippen LogP contribution in [0.15, 0.2) is 47.6 Å². The van der Waals surface area contributed by atoms with Crippen LogP contribution in [0.25, 0.3) is 11.0 Å². The molecule has 1 N–H and O–H groups in total. The summed E-state index contributed by atoms with van der Waals surface area (Å²) in [7, 11) is 0. The summed E-state index contributed by atoms with van der Waals surface area (Å²) in [6.45, 7) is 2.81. The minimum absolute atomic E-state index is 0.724. The topological polar surface area (TPSA) is 37.9 Å². The number of ether oxygens (including phenoxy) is 1. The van der Waals surface area contributed by atoms with Crippen molar-refractivity contribution in [3.8, 4) is 5.75 Å². The van der Waals surface area contributed by atoms with E-state index in [2.05, 4.69) is 35.1 Å². The molecule has 0 radical (unpaired) electrons. The van der Waals surface area contributed by atoms with Crippen molar-refractivity contribution in [2.24, 2.45) is 0 Å². The van der Waals surface area contributed by atoms with Gasteiger partial charge in [0.1, 0.15) is 5.75 Å². The Bertz CT molecular complexity index is 770. The first-order valence-electron chi connectivity index (χ1n) is 7.68. The summed E-state index contributed by atoms with van der Waals surface area (Å²) in [6, 6.07) is 13.8. The van der Waals surface area contributed by atoms with Crippen molar-refractivity contribution in [3.05, 3.63) is 53.1 Å². The van der Waals surface area contributed by atoms with Crippen LogP contribution in [0.3, 0.4) is 0 Å². The number of aromatic amines is 1. The zero-order valence-electron chi connectivity index (χ0n) is 13.0. The van der Waals surface area contributed by atoms with Gasteiger partial charge in [-0.25, -0.2) is 4.98 Å². The van der Waals surface area contributed by atoms with Gasteiger partial charge in [-0.15, -0.1) is 0 Å². The van der Waals surface area contributed by atoms with E-state index in [1.807, 2.05) is 24.3 Å². The van der Waals surface area contributed by atoms with Crippen molar-refractivity contribution in [1.82, 2.24) is 9.97 Å². The predicted molar refractivity (Wildman–Crippen MR) is 97.7 cm³/mol. The van der Waals surface area contributed by atoms with E-state index in [4.69, 9.17) is 16.3 Å². The number of aromatic nitrogens is 2. The molecule has 3 nitrogen and oxygen atoms in total. The molecule has 1 aromatic heterocycles. The van der Waals surface area contributed by atoms with Crippen LogP contribution in [0.1, 0.15) is 18.4 Å². The van der Waals surface area contributed by atoms with Gasteiger partial charge in [0.2, 0.25) is 0 Å². The van der Waals surface area contributed by atoms with Crippen molar-refractivity contribution in [1.29, 1.82) is 0 Å². The van der Waals surface area contributed by atoms with Gasteiger partial charge in [-0.2, -0.15) is 0 Å². The van der Waals surface area contributed by atoms with Gasteiger partial charge in [0.05, 0.1) is 17.6 Å². The zero-order chi connectivity index (χ0) is 16.1. The summed E-state index contributed by atoms with van der Waals surface area (Å²) in [4.78, 5) is 7.96. The molecule has 0 spiro atoms. The number of imidazole rings is 1. The molecule has 23 heavy (non-hydrogen) atoms. The smallest absolute Gasteiger partial charge is 0.166 e. The maximum Gasteiger partial charge on any atom is 0.166 e. The molecular weight excluding hydrogens is 328 g/mol. The lowest BCUT2D eigenvalue weighted by atomic mass is 10.2. The van der Waals surface area contributed by atoms with Crippen molar-refractivity contribution in [3.63, 3.8) is 0 Å². The number of hydrogen-bond acceptors (Lipinski definition) is 3. The first-order valence-corrected chi connectivity index (χ1v) is 9.04. The molecule has 0 aliphatic rings. The summed E-state index contributed by atoms with van der Waals surface area (Å²) >= 11 is 7.60. The Hall–Kier alpha value is -1.65. The molecule has 2 aromatic carbocycles. The van der Waals surface area contributed by atoms with Crippen LogP contribution >= 0.6 is 23.4 Å². The number of halogens is 1. The molecular formula is C18H19ClN2OS. The van der Waals surface area contributed by atoms with Crippen molar-refractivity contribution in [2.45, 2.75) is 24.9 Å². The number of thioether (sulfide) groups is 1. The third kappa shape index (κ3) is 4.66. The van der Waals surface area contributed by atoms with E-state index >= 15 is 0 Å². The fourth-order valence-electron chi connectivity index (χ4n) is 2.26. The van der Waals surface area contributed by atoms with Gasteiger partial charge < -0.3 is 9.72 Å². The number of nitrogens with zero attached hydrogens (tertiary/aromatic N) is 1. The van der Waals surface area contributed by atoms with Gasteiger partial charge in [-0.3, -0.25) is 0 Å². The third-order valence-electron chi connectivity index (χ3n) is 3.48. The van der Waals surface area contributed by atoms with Crippen LogP contribution in [0.5, 0.6) is 5.75 Å². The Labute approximate surface area is 145 Å². The van der Waals surface area contributed by atoms with Crippen LogP contribution in [-0.4, -0.2) is 22.3 Å². The van der Waals surface area contributed by atoms with Gasteiger partial charge in [-0.05, 0) is 61.7 Å². The molecule has 0 bridgehead atoms. The standard InChI is InChI=1S/C18H19ClN2OS/c1-13-4-9-16-17(12-13)21-18(20-16)23-11-3-2-10-22-15-7-5-14(19)6-8-15/h4-9,12H,2-3,10-11H2,1H3,(H,20,21). The minimum atomic E-state index is 0.724. The van der Waals surface area contributed by atoms with E-state index in [-0.39, 0.29) is 0 Å². The van der Waals surface area contributed by atoms with E-state index in [1.165, 1.54) is 5.56 Å². The lowest BCUT2D eigenvalue weighted by molar-refractivity contribution is 0.310. The van der Waals surface area contributed by atoms with Crippen molar-refractivity contribution >= 4 is 34.4 Å². The lowest BCUT2D eigenvalue weighted by Crippen LogP contribution is -1.97. The average molecular weight is 347 g/mol. The van der Waals surface area contributed by atoms with Crippen LogP contribution in [0, 0.1) is 6.92 Å². The highest BCUT2D eigenvalue weighted by atomic mass is 35.5. The zero-order valence-corrected chi connectivity index (χ0v) is 14.6. The molecule has 0 amide bonds. The van der Waals surface area contributed by atoms with Gasteiger partial charge in [0, 0.05) is 10.8 Å². The van der Waals surface area contributed by atoms with E-state index in [0.717, 1.165) is 52.2 Å². The second-order valence-corrected chi connectivity index (χ2v) is 6.94. The SMILES string of the molecule is Cc1ccc2nc(SCCCCOc3ccc(Cl)cc3)[nH]c2c1. The summed E-state index contributed by atoms with van der Waals surface area (Å²) in [5.41, 5.74) is 3.39. The maximum atomic E-state index is 5.84. The highest BCUT2D eigenvalue weighted by molar-refractivity contribution is 7.99. The van der Waals surface area contributed by atoms with E-state index in [1.54, 1.807) is 11.8 Å². The normalized spacial score (nSPS) is 11.0.